The molecule has 0 bridgehead atoms. The van der Waals surface area contributed by atoms with Crippen molar-refractivity contribution in [3.63, 3.8) is 0 Å². The number of nitrogens with one attached hydrogen (secondary N) is 1. The van der Waals surface area contributed by atoms with Crippen LogP contribution in [0.4, 0.5) is 4.79 Å². The van der Waals surface area contributed by atoms with Crippen LogP contribution in [0.2, 0.25) is 10.0 Å². The van der Waals surface area contributed by atoms with Crippen LogP contribution in [0.3, 0.4) is 0 Å². The fraction of sp³-hybridized carbons (Fsp3) is 0.385. The Morgan fingerprint density at radius 3 is 2.37 bits per heavy atom. The molecule has 3 fully saturated rings. The van der Waals surface area contributed by atoms with Crippen molar-refractivity contribution in [3.05, 3.63) is 82.0 Å². The van der Waals surface area contributed by atoms with Gasteiger partial charge in [-0.15, -0.1) is 0 Å². The second kappa shape index (κ2) is 15.3. The second-order valence-electron chi connectivity index (χ2n) is 13.7. The standard InChI is InChI=1S/C39H41Cl2N5O6/c1-24(47)46-15-12-28(13-16-46)43-38(48)52-19-27-9-10-32(44-37(27)50-3)31-6-4-5-29(34(31)40)30-11-14-42-36(35(30)41)25-7-8-26(33(17-25)49-2)18-45-20-39(21-45)22-51-23-39/h4-11,14,17,28H,12-13,15-16,18-23H2,1-3H3,(H,43,48). The molecule has 5 heterocycles. The highest BCUT2D eigenvalue weighted by Crippen LogP contribution is 2.43. The van der Waals surface area contributed by atoms with E-state index in [2.05, 4.69) is 21.3 Å². The Kier molecular flexibility index (Phi) is 10.6. The first-order chi connectivity index (χ1) is 25.2. The van der Waals surface area contributed by atoms with E-state index in [4.69, 9.17) is 47.1 Å². The molecule has 2 aromatic carbocycles. The molecule has 2 aromatic heterocycles. The Balaban J connectivity index is 1.05. The predicted octanol–water partition coefficient (Wildman–Crippen LogP) is 6.87. The number of piperidine rings is 1. The van der Waals surface area contributed by atoms with Gasteiger partial charge in [0.1, 0.15) is 12.4 Å². The van der Waals surface area contributed by atoms with E-state index in [1.54, 1.807) is 31.2 Å². The van der Waals surface area contributed by atoms with Gasteiger partial charge in [-0.25, -0.2) is 9.78 Å². The minimum absolute atomic E-state index is 0.0299. The first-order valence-electron chi connectivity index (χ1n) is 17.3. The molecule has 0 saturated carbocycles. The Hall–Kier alpha value is -4.42. The summed E-state index contributed by atoms with van der Waals surface area (Å²) in [4.78, 5) is 37.7. The number of aromatic nitrogens is 2. The highest BCUT2D eigenvalue weighted by Gasteiger charge is 2.48. The van der Waals surface area contributed by atoms with E-state index in [9.17, 15) is 9.59 Å². The molecule has 1 N–H and O–H groups in total. The van der Waals surface area contributed by atoms with Gasteiger partial charge >= 0.3 is 6.09 Å². The van der Waals surface area contributed by atoms with Crippen LogP contribution in [-0.2, 0) is 27.4 Å². The number of carbonyl (C=O) groups is 2. The van der Waals surface area contributed by atoms with E-state index in [-0.39, 0.29) is 18.6 Å². The zero-order valence-electron chi connectivity index (χ0n) is 29.4. The number of rotatable bonds is 10. The fourth-order valence-corrected chi connectivity index (χ4v) is 7.89. The summed E-state index contributed by atoms with van der Waals surface area (Å²) in [6, 6.07) is 17.2. The second-order valence-corrected chi connectivity index (χ2v) is 14.5. The first kappa shape index (κ1) is 36.0. The zero-order valence-corrected chi connectivity index (χ0v) is 30.9. The average Bonchev–Trinajstić information content (AvgIpc) is 3.12. The number of methoxy groups -OCH3 is 2. The predicted molar refractivity (Wildman–Crippen MR) is 199 cm³/mol. The van der Waals surface area contributed by atoms with Crippen molar-refractivity contribution >= 4 is 35.2 Å². The maximum absolute atomic E-state index is 12.6. The lowest BCUT2D eigenvalue weighted by atomic mass is 9.78. The fourth-order valence-electron chi connectivity index (χ4n) is 7.24. The lowest BCUT2D eigenvalue weighted by Gasteiger charge is -2.55. The Bertz CT molecular complexity index is 1970. The third-order valence-corrected chi connectivity index (χ3v) is 10.9. The topological polar surface area (TPSA) is 115 Å². The molecule has 0 unspecified atom stereocenters. The maximum Gasteiger partial charge on any atom is 0.407 e. The molecule has 0 radical (unpaired) electrons. The van der Waals surface area contributed by atoms with Gasteiger partial charge in [0.05, 0.1) is 54.4 Å². The van der Waals surface area contributed by atoms with Crippen LogP contribution in [0.25, 0.3) is 33.6 Å². The van der Waals surface area contributed by atoms with Crippen molar-refractivity contribution in [2.45, 2.75) is 39.0 Å². The van der Waals surface area contributed by atoms with Gasteiger partial charge < -0.3 is 29.2 Å². The van der Waals surface area contributed by atoms with Crippen LogP contribution < -0.4 is 14.8 Å². The monoisotopic (exact) mass is 745 g/mol. The SMILES string of the molecule is COc1cc(-c2nccc(-c3cccc(-c4ccc(COC(=O)NC5CCN(C(C)=O)CC5)c(OC)n4)c3Cl)c2Cl)ccc1CN1CC2(COC2)C1. The molecular formula is C39H41Cl2N5O6. The molecule has 272 valence electrons. The van der Waals surface area contributed by atoms with Crippen LogP contribution in [0.1, 0.15) is 30.9 Å². The Morgan fingerprint density at radius 1 is 0.942 bits per heavy atom. The number of hydrogen-bond acceptors (Lipinski definition) is 9. The van der Waals surface area contributed by atoms with Crippen molar-refractivity contribution in [2.75, 3.05) is 53.6 Å². The van der Waals surface area contributed by atoms with Gasteiger partial charge in [-0.2, -0.15) is 0 Å². The minimum atomic E-state index is -0.532. The van der Waals surface area contributed by atoms with Crippen molar-refractivity contribution in [1.29, 1.82) is 0 Å². The molecule has 2 amide bonds. The molecule has 52 heavy (non-hydrogen) atoms. The van der Waals surface area contributed by atoms with Crippen molar-refractivity contribution < 1.29 is 28.5 Å². The van der Waals surface area contributed by atoms with E-state index in [0.29, 0.717) is 69.8 Å². The number of pyridine rings is 2. The average molecular weight is 747 g/mol. The first-order valence-corrected chi connectivity index (χ1v) is 18.1. The van der Waals surface area contributed by atoms with Gasteiger partial charge in [0, 0.05) is 85.1 Å². The number of likely N-dealkylation sites (tertiary alicyclic amines) is 2. The highest BCUT2D eigenvalue weighted by molar-refractivity contribution is 6.39. The minimum Gasteiger partial charge on any atom is -0.496 e. The van der Waals surface area contributed by atoms with Crippen LogP contribution in [0.5, 0.6) is 11.6 Å². The molecule has 0 aliphatic carbocycles. The third-order valence-electron chi connectivity index (χ3n) is 10.1. The van der Waals surface area contributed by atoms with E-state index in [1.165, 1.54) is 7.11 Å². The highest BCUT2D eigenvalue weighted by atomic mass is 35.5. The molecule has 4 aromatic rings. The zero-order chi connectivity index (χ0) is 36.4. The molecule has 11 nitrogen and oxygen atoms in total. The molecule has 7 rings (SSSR count). The third kappa shape index (κ3) is 7.41. The van der Waals surface area contributed by atoms with Crippen molar-refractivity contribution in [1.82, 2.24) is 25.1 Å². The molecular weight excluding hydrogens is 705 g/mol. The van der Waals surface area contributed by atoms with Gasteiger partial charge in [0.25, 0.3) is 0 Å². The van der Waals surface area contributed by atoms with Gasteiger partial charge in [-0.1, -0.05) is 53.5 Å². The van der Waals surface area contributed by atoms with Crippen LogP contribution in [0.15, 0.2) is 60.8 Å². The van der Waals surface area contributed by atoms with Crippen LogP contribution in [-0.4, -0.2) is 91.4 Å². The molecule has 3 saturated heterocycles. The van der Waals surface area contributed by atoms with Gasteiger partial charge in [-0.05, 0) is 37.1 Å². The van der Waals surface area contributed by atoms with Crippen molar-refractivity contribution in [3.8, 4) is 45.3 Å². The molecule has 13 heteroatoms. The maximum atomic E-state index is 12.6. The largest absolute Gasteiger partial charge is 0.496 e. The molecule has 1 spiro atoms. The summed E-state index contributed by atoms with van der Waals surface area (Å²) < 4.78 is 22.3. The molecule has 0 atom stereocenters. The van der Waals surface area contributed by atoms with Gasteiger partial charge in [0.15, 0.2) is 0 Å². The summed E-state index contributed by atoms with van der Waals surface area (Å²) >= 11 is 14.2. The van der Waals surface area contributed by atoms with E-state index in [1.807, 2.05) is 42.5 Å². The number of halogens is 2. The number of amides is 2. The molecule has 3 aliphatic heterocycles. The summed E-state index contributed by atoms with van der Waals surface area (Å²) in [5.74, 6) is 1.14. The number of carbonyl (C=O) groups excluding carboxylic acids is 2. The number of nitrogens with zero attached hydrogens (tertiary/aromatic N) is 4. The van der Waals surface area contributed by atoms with E-state index >= 15 is 0 Å². The van der Waals surface area contributed by atoms with Gasteiger partial charge in [-0.3, -0.25) is 14.7 Å². The molecule has 3 aliphatic rings. The number of benzene rings is 2. The normalized spacial score (nSPS) is 16.9. The summed E-state index contributed by atoms with van der Waals surface area (Å²) in [6.07, 6.45) is 2.55. The quantitative estimate of drug-likeness (QED) is 0.186. The number of alkyl carbamates (subject to hydrolysis) is 1. The van der Waals surface area contributed by atoms with E-state index < -0.39 is 6.09 Å². The van der Waals surface area contributed by atoms with Gasteiger partial charge in [0.2, 0.25) is 11.8 Å². The Labute approximate surface area is 313 Å². The van der Waals surface area contributed by atoms with Crippen LogP contribution in [0, 0.1) is 5.41 Å². The summed E-state index contributed by atoms with van der Waals surface area (Å²) in [5.41, 5.74) is 6.23. The summed E-state index contributed by atoms with van der Waals surface area (Å²) in [6.45, 7) is 7.33. The van der Waals surface area contributed by atoms with E-state index in [0.717, 1.165) is 60.9 Å². The van der Waals surface area contributed by atoms with Crippen molar-refractivity contribution in [2.24, 2.45) is 5.41 Å². The number of ether oxygens (including phenoxy) is 4. The smallest absolute Gasteiger partial charge is 0.407 e. The summed E-state index contributed by atoms with van der Waals surface area (Å²) in [5, 5.41) is 3.82. The number of hydrogen-bond donors (Lipinski definition) is 1. The Morgan fingerprint density at radius 2 is 1.67 bits per heavy atom. The summed E-state index contributed by atoms with van der Waals surface area (Å²) in [7, 11) is 3.20. The van der Waals surface area contributed by atoms with Crippen LogP contribution >= 0.6 is 23.2 Å². The lowest BCUT2D eigenvalue weighted by Crippen LogP contribution is -2.65. The lowest BCUT2D eigenvalue weighted by molar-refractivity contribution is -0.191.